The summed E-state index contributed by atoms with van der Waals surface area (Å²) in [5, 5.41) is 14.7. The summed E-state index contributed by atoms with van der Waals surface area (Å²) in [6.07, 6.45) is 1.05. The Balaban J connectivity index is 2.13. The van der Waals surface area contributed by atoms with Gasteiger partial charge in [0.05, 0.1) is 5.92 Å². The first-order valence-electron chi connectivity index (χ1n) is 8.09. The Bertz CT molecular complexity index is 649. The highest BCUT2D eigenvalue weighted by atomic mass is 16.4. The van der Waals surface area contributed by atoms with Gasteiger partial charge in [-0.15, -0.1) is 0 Å². The molecule has 1 heterocycles. The van der Waals surface area contributed by atoms with Crippen LogP contribution < -0.4 is 10.6 Å². The number of hydrogen-bond donors (Lipinski definition) is 3. The molecule has 2 amide bonds. The summed E-state index contributed by atoms with van der Waals surface area (Å²) in [6, 6.07) is 6.15. The van der Waals surface area contributed by atoms with Crippen LogP contribution >= 0.6 is 0 Å². The van der Waals surface area contributed by atoms with E-state index >= 15 is 0 Å². The summed E-state index contributed by atoms with van der Waals surface area (Å²) in [5.74, 6) is -2.37. The van der Waals surface area contributed by atoms with Gasteiger partial charge in [-0.1, -0.05) is 39.0 Å². The fraction of sp³-hybridized carbons (Fsp3) is 0.500. The molecule has 0 saturated heterocycles. The molecule has 0 aliphatic carbocycles. The number of hydrogen-bond acceptors (Lipinski definition) is 3. The van der Waals surface area contributed by atoms with E-state index in [0.717, 1.165) is 5.56 Å². The lowest BCUT2D eigenvalue weighted by molar-refractivity contribution is -0.142. The molecule has 130 valence electrons. The van der Waals surface area contributed by atoms with E-state index in [1.807, 2.05) is 20.8 Å². The molecule has 1 aromatic rings. The predicted molar refractivity (Wildman–Crippen MR) is 90.7 cm³/mol. The topological polar surface area (TPSA) is 95.5 Å². The van der Waals surface area contributed by atoms with Crippen LogP contribution in [-0.2, 0) is 14.4 Å². The van der Waals surface area contributed by atoms with Crippen LogP contribution in [0.1, 0.15) is 51.5 Å². The van der Waals surface area contributed by atoms with E-state index in [1.165, 1.54) is 0 Å². The van der Waals surface area contributed by atoms with Crippen LogP contribution in [0.4, 0.5) is 5.69 Å². The van der Waals surface area contributed by atoms with Gasteiger partial charge in [-0.2, -0.15) is 0 Å². The van der Waals surface area contributed by atoms with Crippen LogP contribution in [0, 0.1) is 5.41 Å². The monoisotopic (exact) mass is 332 g/mol. The molecule has 1 aliphatic heterocycles. The minimum Gasteiger partial charge on any atom is -0.480 e. The molecule has 24 heavy (non-hydrogen) atoms. The van der Waals surface area contributed by atoms with Crippen molar-refractivity contribution in [2.24, 2.45) is 5.41 Å². The van der Waals surface area contributed by atoms with Crippen LogP contribution in [0.3, 0.4) is 0 Å². The van der Waals surface area contributed by atoms with Gasteiger partial charge in [0.15, 0.2) is 0 Å². The number of carbonyl (C=O) groups is 3. The standard InChI is InChI=1S/C18H24N2O4/c1-18(2,3)9-8-14(17(23)24)20-16(22)12-10-15(21)19-13-7-5-4-6-11(12)13/h4-7,12,14H,8-10H2,1-3H3,(H,19,21)(H,20,22)(H,23,24). The van der Waals surface area contributed by atoms with E-state index in [1.54, 1.807) is 24.3 Å². The first-order valence-corrected chi connectivity index (χ1v) is 8.09. The minimum atomic E-state index is -1.05. The van der Waals surface area contributed by atoms with Crippen molar-refractivity contribution in [3.63, 3.8) is 0 Å². The Kier molecular flexibility index (Phi) is 5.26. The number of carboxylic acids is 1. The number of benzene rings is 1. The third-order valence-corrected chi connectivity index (χ3v) is 4.11. The summed E-state index contributed by atoms with van der Waals surface area (Å²) >= 11 is 0. The number of carboxylic acid groups (broad SMARTS) is 1. The van der Waals surface area contributed by atoms with Crippen molar-refractivity contribution in [1.29, 1.82) is 0 Å². The van der Waals surface area contributed by atoms with E-state index in [4.69, 9.17) is 0 Å². The summed E-state index contributed by atoms with van der Waals surface area (Å²) in [6.45, 7) is 6.07. The number of para-hydroxylation sites is 1. The first kappa shape index (κ1) is 18.0. The van der Waals surface area contributed by atoms with Gasteiger partial charge in [0.25, 0.3) is 0 Å². The lowest BCUT2D eigenvalue weighted by Crippen LogP contribution is -2.44. The maximum Gasteiger partial charge on any atom is 0.326 e. The second-order valence-corrected chi connectivity index (χ2v) is 7.39. The molecule has 0 aromatic heterocycles. The molecule has 0 bridgehead atoms. The first-order chi connectivity index (χ1) is 11.2. The van der Waals surface area contributed by atoms with Crippen LogP contribution in [0.5, 0.6) is 0 Å². The van der Waals surface area contributed by atoms with Gasteiger partial charge < -0.3 is 15.7 Å². The molecular formula is C18H24N2O4. The zero-order valence-electron chi connectivity index (χ0n) is 14.3. The van der Waals surface area contributed by atoms with E-state index in [2.05, 4.69) is 10.6 Å². The molecule has 2 unspecified atom stereocenters. The summed E-state index contributed by atoms with van der Waals surface area (Å²) in [4.78, 5) is 35.9. The van der Waals surface area contributed by atoms with Gasteiger partial charge in [-0.05, 0) is 29.9 Å². The van der Waals surface area contributed by atoms with Gasteiger partial charge in [0.2, 0.25) is 11.8 Å². The van der Waals surface area contributed by atoms with Crippen LogP contribution in [0.15, 0.2) is 24.3 Å². The van der Waals surface area contributed by atoms with Crippen molar-refractivity contribution in [3.8, 4) is 0 Å². The highest BCUT2D eigenvalue weighted by Crippen LogP contribution is 2.32. The molecule has 1 aliphatic rings. The van der Waals surface area contributed by atoms with Gasteiger partial charge in [-0.3, -0.25) is 9.59 Å². The lowest BCUT2D eigenvalue weighted by atomic mass is 9.87. The van der Waals surface area contributed by atoms with Crippen LogP contribution in [0.25, 0.3) is 0 Å². The lowest BCUT2D eigenvalue weighted by Gasteiger charge is -2.27. The average Bonchev–Trinajstić information content (AvgIpc) is 2.49. The Morgan fingerprint density at radius 1 is 1.33 bits per heavy atom. The van der Waals surface area contributed by atoms with Crippen LogP contribution in [-0.4, -0.2) is 28.9 Å². The molecule has 0 radical (unpaired) electrons. The molecule has 6 heteroatoms. The second kappa shape index (κ2) is 7.03. The molecule has 2 atom stereocenters. The molecule has 3 N–H and O–H groups in total. The smallest absolute Gasteiger partial charge is 0.326 e. The van der Waals surface area contributed by atoms with E-state index < -0.39 is 23.8 Å². The number of amides is 2. The van der Waals surface area contributed by atoms with Crippen molar-refractivity contribution in [3.05, 3.63) is 29.8 Å². The van der Waals surface area contributed by atoms with E-state index in [0.29, 0.717) is 18.5 Å². The third kappa shape index (κ3) is 4.57. The summed E-state index contributed by atoms with van der Waals surface area (Å²) in [7, 11) is 0. The zero-order valence-corrected chi connectivity index (χ0v) is 14.3. The molecule has 2 rings (SSSR count). The zero-order chi connectivity index (χ0) is 17.9. The SMILES string of the molecule is CC(C)(C)CCC(NC(=O)C1CC(=O)Nc2ccccc21)C(=O)O. The molecule has 1 aromatic carbocycles. The van der Waals surface area contributed by atoms with Crippen molar-refractivity contribution in [2.75, 3.05) is 5.32 Å². The van der Waals surface area contributed by atoms with Gasteiger partial charge >= 0.3 is 5.97 Å². The summed E-state index contributed by atoms with van der Waals surface area (Å²) in [5.41, 5.74) is 1.31. The molecular weight excluding hydrogens is 308 g/mol. The number of anilines is 1. The van der Waals surface area contributed by atoms with Crippen LogP contribution in [0.2, 0.25) is 0 Å². The van der Waals surface area contributed by atoms with Crippen molar-refractivity contribution in [1.82, 2.24) is 5.32 Å². The van der Waals surface area contributed by atoms with Gasteiger partial charge in [-0.25, -0.2) is 4.79 Å². The Labute approximate surface area is 141 Å². The number of carbonyl (C=O) groups excluding carboxylic acids is 2. The van der Waals surface area contributed by atoms with Gasteiger partial charge in [0, 0.05) is 12.1 Å². The third-order valence-electron chi connectivity index (χ3n) is 4.11. The molecule has 6 nitrogen and oxygen atoms in total. The van der Waals surface area contributed by atoms with E-state index in [9.17, 15) is 19.5 Å². The number of fused-ring (bicyclic) bond motifs is 1. The van der Waals surface area contributed by atoms with Crippen molar-refractivity contribution in [2.45, 2.75) is 52.0 Å². The maximum absolute atomic E-state index is 12.6. The number of nitrogens with one attached hydrogen (secondary N) is 2. The fourth-order valence-electron chi connectivity index (χ4n) is 2.75. The normalized spacial score (nSPS) is 18.3. The average molecular weight is 332 g/mol. The number of aliphatic carboxylic acids is 1. The van der Waals surface area contributed by atoms with E-state index in [-0.39, 0.29) is 17.7 Å². The minimum absolute atomic E-state index is 0.0181. The summed E-state index contributed by atoms with van der Waals surface area (Å²) < 4.78 is 0. The Morgan fingerprint density at radius 3 is 2.62 bits per heavy atom. The van der Waals surface area contributed by atoms with Gasteiger partial charge in [0.1, 0.15) is 6.04 Å². The number of rotatable bonds is 5. The maximum atomic E-state index is 12.6. The largest absolute Gasteiger partial charge is 0.480 e. The fourth-order valence-corrected chi connectivity index (χ4v) is 2.75. The molecule has 0 saturated carbocycles. The van der Waals surface area contributed by atoms with Crippen molar-refractivity contribution >= 4 is 23.5 Å². The highest BCUT2D eigenvalue weighted by Gasteiger charge is 2.33. The highest BCUT2D eigenvalue weighted by molar-refractivity contribution is 6.01. The predicted octanol–water partition coefficient (Wildman–Crippen LogP) is 2.51. The molecule has 0 spiro atoms. The quantitative estimate of drug-likeness (QED) is 0.772. The Morgan fingerprint density at radius 2 is 2.00 bits per heavy atom. The Hall–Kier alpha value is -2.37. The van der Waals surface area contributed by atoms with Crippen molar-refractivity contribution < 1.29 is 19.5 Å². The molecule has 0 fully saturated rings. The second-order valence-electron chi connectivity index (χ2n) is 7.39.